The number of nitrogens with one attached hydrogen (secondary N) is 1. The Bertz CT molecular complexity index is 926. The number of pyridine rings is 1. The van der Waals surface area contributed by atoms with E-state index < -0.39 is 5.56 Å². The fourth-order valence-electron chi connectivity index (χ4n) is 2.78. The summed E-state index contributed by atoms with van der Waals surface area (Å²) in [6, 6.07) is 13.2. The van der Waals surface area contributed by atoms with E-state index in [2.05, 4.69) is 4.98 Å². The fraction of sp³-hybridized carbons (Fsp3) is 0.158. The molecule has 4 heteroatoms. The fourth-order valence-corrected chi connectivity index (χ4v) is 2.78. The Balaban J connectivity index is 2.39. The van der Waals surface area contributed by atoms with E-state index in [4.69, 9.17) is 0 Å². The molecular formula is C19H16FNO2. The predicted molar refractivity (Wildman–Crippen MR) is 89.2 cm³/mol. The number of ketones is 1. The molecule has 0 spiro atoms. The maximum atomic E-state index is 13.2. The molecule has 3 nitrogen and oxygen atoms in total. The molecule has 23 heavy (non-hydrogen) atoms. The van der Waals surface area contributed by atoms with Crippen molar-refractivity contribution in [3.05, 3.63) is 70.3 Å². The van der Waals surface area contributed by atoms with Crippen molar-refractivity contribution in [2.24, 2.45) is 0 Å². The monoisotopic (exact) mass is 309 g/mol. The van der Waals surface area contributed by atoms with Crippen molar-refractivity contribution >= 4 is 16.7 Å². The van der Waals surface area contributed by atoms with E-state index in [1.165, 1.54) is 12.1 Å². The van der Waals surface area contributed by atoms with Gasteiger partial charge >= 0.3 is 0 Å². The van der Waals surface area contributed by atoms with Crippen molar-refractivity contribution in [3.8, 4) is 11.1 Å². The molecule has 1 heterocycles. The topological polar surface area (TPSA) is 49.9 Å². The molecule has 0 unspecified atom stereocenters. The summed E-state index contributed by atoms with van der Waals surface area (Å²) in [5.74, 6) is -0.553. The maximum absolute atomic E-state index is 13.2. The van der Waals surface area contributed by atoms with Crippen LogP contribution in [0.1, 0.15) is 30.1 Å². The number of carbonyl (C=O) groups is 1. The molecule has 0 radical (unpaired) electrons. The Morgan fingerprint density at radius 1 is 1.09 bits per heavy atom. The Morgan fingerprint density at radius 3 is 2.48 bits per heavy atom. The van der Waals surface area contributed by atoms with Gasteiger partial charge in [0.1, 0.15) is 5.82 Å². The van der Waals surface area contributed by atoms with Gasteiger partial charge in [-0.3, -0.25) is 9.59 Å². The Morgan fingerprint density at radius 2 is 1.78 bits per heavy atom. The second kappa shape index (κ2) is 6.16. The maximum Gasteiger partial charge on any atom is 0.259 e. The summed E-state index contributed by atoms with van der Waals surface area (Å²) in [5.41, 5.74) is 1.64. The molecule has 0 saturated carbocycles. The number of rotatable bonds is 4. The van der Waals surface area contributed by atoms with Crippen molar-refractivity contribution < 1.29 is 9.18 Å². The van der Waals surface area contributed by atoms with Crippen LogP contribution in [-0.2, 0) is 0 Å². The van der Waals surface area contributed by atoms with Crippen LogP contribution in [0.3, 0.4) is 0 Å². The van der Waals surface area contributed by atoms with E-state index in [0.29, 0.717) is 29.5 Å². The molecule has 0 amide bonds. The minimum atomic E-state index is -0.401. The van der Waals surface area contributed by atoms with Gasteiger partial charge in [0, 0.05) is 22.9 Å². The first-order valence-corrected chi connectivity index (χ1v) is 7.56. The van der Waals surface area contributed by atoms with Gasteiger partial charge in [-0.2, -0.15) is 0 Å². The van der Waals surface area contributed by atoms with Crippen molar-refractivity contribution in [1.29, 1.82) is 0 Å². The van der Waals surface area contributed by atoms with Gasteiger partial charge in [0.05, 0.1) is 5.56 Å². The molecule has 0 atom stereocenters. The summed E-state index contributed by atoms with van der Waals surface area (Å²) in [6.45, 7) is 1.89. The van der Waals surface area contributed by atoms with Gasteiger partial charge in [-0.15, -0.1) is 0 Å². The average Bonchev–Trinajstić information content (AvgIpc) is 2.54. The van der Waals surface area contributed by atoms with Gasteiger partial charge in [-0.05, 0) is 30.2 Å². The summed E-state index contributed by atoms with van der Waals surface area (Å²) in [7, 11) is 0. The van der Waals surface area contributed by atoms with Crippen LogP contribution in [0.4, 0.5) is 4.39 Å². The van der Waals surface area contributed by atoms with Crippen LogP contribution in [0.2, 0.25) is 0 Å². The summed E-state index contributed by atoms with van der Waals surface area (Å²) in [4.78, 5) is 27.7. The van der Waals surface area contributed by atoms with Crippen molar-refractivity contribution in [1.82, 2.24) is 4.98 Å². The number of halogens is 1. The molecule has 1 aromatic heterocycles. The lowest BCUT2D eigenvalue weighted by Crippen LogP contribution is -2.19. The normalized spacial score (nSPS) is 10.9. The van der Waals surface area contributed by atoms with E-state index in [9.17, 15) is 14.0 Å². The van der Waals surface area contributed by atoms with E-state index in [1.54, 1.807) is 18.2 Å². The molecule has 0 aliphatic rings. The molecule has 0 bridgehead atoms. The van der Waals surface area contributed by atoms with Crippen molar-refractivity contribution in [2.75, 3.05) is 0 Å². The number of benzene rings is 2. The molecule has 0 fully saturated rings. The molecule has 0 aliphatic carbocycles. The minimum absolute atomic E-state index is 0.150. The minimum Gasteiger partial charge on any atom is -0.321 e. The third kappa shape index (κ3) is 2.80. The number of hydrogen-bond acceptors (Lipinski definition) is 2. The second-order valence-corrected chi connectivity index (χ2v) is 5.43. The molecular weight excluding hydrogens is 293 g/mol. The van der Waals surface area contributed by atoms with Gasteiger partial charge in [-0.25, -0.2) is 4.39 Å². The number of aromatic nitrogens is 1. The van der Waals surface area contributed by atoms with Crippen LogP contribution in [-0.4, -0.2) is 10.8 Å². The average molecular weight is 309 g/mol. The van der Waals surface area contributed by atoms with E-state index >= 15 is 0 Å². The number of aromatic amines is 1. The SMILES string of the molecule is CCCC(=O)c1c(-c2ccc(F)cc2)c2ccccc2[nH]c1=O. The highest BCUT2D eigenvalue weighted by atomic mass is 19.1. The zero-order valence-electron chi connectivity index (χ0n) is 12.7. The first kappa shape index (κ1) is 15.2. The Hall–Kier alpha value is -2.75. The van der Waals surface area contributed by atoms with E-state index in [0.717, 1.165) is 5.39 Å². The van der Waals surface area contributed by atoms with Crippen LogP contribution >= 0.6 is 0 Å². The summed E-state index contributed by atoms with van der Waals surface area (Å²) in [6.07, 6.45) is 0.962. The molecule has 1 N–H and O–H groups in total. The van der Waals surface area contributed by atoms with E-state index in [1.807, 2.05) is 25.1 Å². The van der Waals surface area contributed by atoms with Gasteiger partial charge in [0.15, 0.2) is 5.78 Å². The highest BCUT2D eigenvalue weighted by Crippen LogP contribution is 2.30. The largest absolute Gasteiger partial charge is 0.321 e. The van der Waals surface area contributed by atoms with Gasteiger partial charge < -0.3 is 4.98 Å². The lowest BCUT2D eigenvalue weighted by atomic mass is 9.93. The number of Topliss-reactive ketones (excluding diaryl/α,β-unsaturated/α-hetero) is 1. The molecule has 3 rings (SSSR count). The van der Waals surface area contributed by atoms with Crippen LogP contribution in [0, 0.1) is 5.82 Å². The van der Waals surface area contributed by atoms with Crippen LogP contribution in [0.25, 0.3) is 22.0 Å². The summed E-state index contributed by atoms with van der Waals surface area (Å²) < 4.78 is 13.2. The number of hydrogen-bond donors (Lipinski definition) is 1. The van der Waals surface area contributed by atoms with Gasteiger partial charge in [0.25, 0.3) is 5.56 Å². The van der Waals surface area contributed by atoms with Crippen LogP contribution < -0.4 is 5.56 Å². The Kier molecular flexibility index (Phi) is 4.06. The highest BCUT2D eigenvalue weighted by molar-refractivity contribution is 6.09. The van der Waals surface area contributed by atoms with E-state index in [-0.39, 0.29) is 17.2 Å². The zero-order chi connectivity index (χ0) is 16.4. The molecule has 0 saturated heterocycles. The summed E-state index contributed by atoms with van der Waals surface area (Å²) >= 11 is 0. The smallest absolute Gasteiger partial charge is 0.259 e. The highest BCUT2D eigenvalue weighted by Gasteiger charge is 2.19. The number of carbonyl (C=O) groups excluding carboxylic acids is 1. The lowest BCUT2D eigenvalue weighted by Gasteiger charge is -2.12. The second-order valence-electron chi connectivity index (χ2n) is 5.43. The molecule has 3 aromatic rings. The zero-order valence-corrected chi connectivity index (χ0v) is 12.7. The third-order valence-electron chi connectivity index (χ3n) is 3.81. The molecule has 116 valence electrons. The first-order chi connectivity index (χ1) is 11.1. The quantitative estimate of drug-likeness (QED) is 0.730. The number of fused-ring (bicyclic) bond motifs is 1. The Labute approximate surface area is 132 Å². The van der Waals surface area contributed by atoms with Crippen LogP contribution in [0.15, 0.2) is 53.3 Å². The molecule has 2 aromatic carbocycles. The first-order valence-electron chi connectivity index (χ1n) is 7.56. The number of H-pyrrole nitrogens is 1. The predicted octanol–water partition coefficient (Wildman–Crippen LogP) is 4.32. The lowest BCUT2D eigenvalue weighted by molar-refractivity contribution is 0.0981. The van der Waals surface area contributed by atoms with Gasteiger partial charge in [-0.1, -0.05) is 37.3 Å². The standard InChI is InChI=1S/C19H16FNO2/c1-2-5-16(22)18-17(12-8-10-13(20)11-9-12)14-6-3-4-7-15(14)21-19(18)23/h3-4,6-11H,2,5H2,1H3,(H,21,23). The molecule has 0 aliphatic heterocycles. The summed E-state index contributed by atoms with van der Waals surface area (Å²) in [5, 5.41) is 0.776. The van der Waals surface area contributed by atoms with Gasteiger partial charge in [0.2, 0.25) is 0 Å². The van der Waals surface area contributed by atoms with Crippen LogP contribution in [0.5, 0.6) is 0 Å². The van der Waals surface area contributed by atoms with Crippen molar-refractivity contribution in [2.45, 2.75) is 19.8 Å². The third-order valence-corrected chi connectivity index (χ3v) is 3.81. The number of para-hydroxylation sites is 1. The van der Waals surface area contributed by atoms with Crippen molar-refractivity contribution in [3.63, 3.8) is 0 Å².